The minimum absolute atomic E-state index is 0.000654. The lowest BCUT2D eigenvalue weighted by Gasteiger charge is -2.32. The maximum Gasteiger partial charge on any atom is 0.300 e. The van der Waals surface area contributed by atoms with Gasteiger partial charge in [-0.25, -0.2) is 0 Å². The Morgan fingerprint density at radius 3 is 2.36 bits per heavy atom. The average molecular weight is 529 g/mol. The van der Waals surface area contributed by atoms with Crippen molar-refractivity contribution in [2.75, 3.05) is 29.5 Å². The predicted molar refractivity (Wildman–Crippen MR) is 152 cm³/mol. The molecule has 3 aromatic rings. The van der Waals surface area contributed by atoms with Crippen molar-refractivity contribution in [1.82, 2.24) is 0 Å². The Bertz CT molecular complexity index is 1370. The number of nitrogens with zero attached hydrogens (tertiary/aromatic N) is 2. The van der Waals surface area contributed by atoms with Crippen LogP contribution in [-0.2, 0) is 9.59 Å². The van der Waals surface area contributed by atoms with Gasteiger partial charge in [-0.3, -0.25) is 14.5 Å². The van der Waals surface area contributed by atoms with Gasteiger partial charge in [-0.15, -0.1) is 0 Å². The van der Waals surface area contributed by atoms with Crippen molar-refractivity contribution in [3.63, 3.8) is 0 Å². The van der Waals surface area contributed by atoms with Crippen molar-refractivity contribution >= 4 is 28.8 Å². The predicted octanol–water partition coefficient (Wildman–Crippen LogP) is 6.49. The molecule has 2 aliphatic heterocycles. The molecule has 2 aliphatic rings. The summed E-state index contributed by atoms with van der Waals surface area (Å²) in [7, 11) is 0. The van der Waals surface area contributed by atoms with Crippen LogP contribution in [-0.4, -0.2) is 36.5 Å². The summed E-state index contributed by atoms with van der Waals surface area (Å²) in [6, 6.07) is 15.5. The monoisotopic (exact) mass is 528 g/mol. The molecule has 7 nitrogen and oxygen atoms in total. The Labute approximate surface area is 229 Å². The first-order chi connectivity index (χ1) is 18.7. The lowest BCUT2D eigenvalue weighted by Crippen LogP contribution is -2.33. The second-order valence-corrected chi connectivity index (χ2v) is 11.1. The van der Waals surface area contributed by atoms with Gasteiger partial charge in [0.2, 0.25) is 0 Å². The third kappa shape index (κ3) is 5.31. The Balaban J connectivity index is 1.50. The molecule has 1 N–H and O–H groups in total. The van der Waals surface area contributed by atoms with Crippen molar-refractivity contribution in [2.24, 2.45) is 11.8 Å². The van der Waals surface area contributed by atoms with E-state index in [2.05, 4.69) is 25.7 Å². The van der Waals surface area contributed by atoms with Crippen LogP contribution in [0.4, 0.5) is 11.4 Å². The fourth-order valence-electron chi connectivity index (χ4n) is 5.28. The Hall–Kier alpha value is -4.00. The molecule has 2 aromatic carbocycles. The van der Waals surface area contributed by atoms with Gasteiger partial charge in [-0.1, -0.05) is 20.8 Å². The highest BCUT2D eigenvalue weighted by atomic mass is 16.5. The Kier molecular flexibility index (Phi) is 7.51. The highest BCUT2D eigenvalue weighted by molar-refractivity contribution is 6.51. The number of aliphatic hydroxyl groups is 1. The molecule has 0 saturated carbocycles. The SMILES string of the molecule is Cc1cc(/C(O)=C2/C(=O)C(=O)N(c3ccc(N4CCC(C)CC4)cc3)C2c2ccco2)ccc1OCC(C)C. The summed E-state index contributed by atoms with van der Waals surface area (Å²) >= 11 is 0. The minimum Gasteiger partial charge on any atom is -0.507 e. The number of carbonyl (C=O) groups is 2. The van der Waals surface area contributed by atoms with Crippen LogP contribution in [0, 0.1) is 18.8 Å². The molecule has 7 heteroatoms. The number of hydrogen-bond donors (Lipinski definition) is 1. The molecule has 0 radical (unpaired) electrons. The molecule has 1 amide bonds. The fourth-order valence-corrected chi connectivity index (χ4v) is 5.28. The topological polar surface area (TPSA) is 83.2 Å². The molecule has 0 spiro atoms. The summed E-state index contributed by atoms with van der Waals surface area (Å²) in [6.07, 6.45) is 3.80. The van der Waals surface area contributed by atoms with Crippen molar-refractivity contribution in [1.29, 1.82) is 0 Å². The van der Waals surface area contributed by atoms with Gasteiger partial charge in [0.25, 0.3) is 11.7 Å². The largest absolute Gasteiger partial charge is 0.507 e. The van der Waals surface area contributed by atoms with E-state index in [0.29, 0.717) is 35.3 Å². The van der Waals surface area contributed by atoms with Crippen LogP contribution in [0.5, 0.6) is 5.75 Å². The minimum atomic E-state index is -0.890. The molecule has 0 bridgehead atoms. The van der Waals surface area contributed by atoms with E-state index in [1.165, 1.54) is 11.2 Å². The first kappa shape index (κ1) is 26.6. The van der Waals surface area contributed by atoms with E-state index >= 15 is 0 Å². The van der Waals surface area contributed by atoms with Gasteiger partial charge in [0.15, 0.2) is 0 Å². The summed E-state index contributed by atoms with van der Waals surface area (Å²) in [6.45, 7) is 10.9. The summed E-state index contributed by atoms with van der Waals surface area (Å²) in [5.41, 5.74) is 2.92. The van der Waals surface area contributed by atoms with E-state index < -0.39 is 17.7 Å². The number of carbonyl (C=O) groups excluding carboxylic acids is 2. The third-order valence-electron chi connectivity index (χ3n) is 7.55. The molecule has 0 aliphatic carbocycles. The van der Waals surface area contributed by atoms with E-state index in [9.17, 15) is 14.7 Å². The maximum absolute atomic E-state index is 13.4. The van der Waals surface area contributed by atoms with E-state index in [1.54, 1.807) is 30.3 Å². The average Bonchev–Trinajstić information content (AvgIpc) is 3.55. The van der Waals surface area contributed by atoms with E-state index in [1.807, 2.05) is 31.2 Å². The lowest BCUT2D eigenvalue weighted by atomic mass is 9.98. The van der Waals surface area contributed by atoms with Crippen LogP contribution in [0.15, 0.2) is 70.9 Å². The van der Waals surface area contributed by atoms with Gasteiger partial charge in [0.1, 0.15) is 23.3 Å². The highest BCUT2D eigenvalue weighted by Gasteiger charge is 2.48. The van der Waals surface area contributed by atoms with Crippen LogP contribution < -0.4 is 14.5 Å². The Morgan fingerprint density at radius 1 is 1.05 bits per heavy atom. The first-order valence-corrected chi connectivity index (χ1v) is 13.7. The molecule has 3 heterocycles. The highest BCUT2D eigenvalue weighted by Crippen LogP contribution is 2.43. The van der Waals surface area contributed by atoms with Crippen molar-refractivity contribution < 1.29 is 23.8 Å². The maximum atomic E-state index is 13.4. The zero-order chi connectivity index (χ0) is 27.7. The van der Waals surface area contributed by atoms with Gasteiger partial charge in [0.05, 0.1) is 18.4 Å². The summed E-state index contributed by atoms with van der Waals surface area (Å²) in [5.74, 6) is 0.527. The van der Waals surface area contributed by atoms with Crippen LogP contribution in [0.25, 0.3) is 5.76 Å². The molecule has 39 heavy (non-hydrogen) atoms. The number of aliphatic hydroxyl groups excluding tert-OH is 1. The van der Waals surface area contributed by atoms with Crippen molar-refractivity contribution in [3.8, 4) is 5.75 Å². The number of hydrogen-bond acceptors (Lipinski definition) is 6. The zero-order valence-corrected chi connectivity index (χ0v) is 23.0. The molecule has 2 saturated heterocycles. The van der Waals surface area contributed by atoms with Crippen LogP contribution in [0.2, 0.25) is 0 Å². The Morgan fingerprint density at radius 2 is 1.74 bits per heavy atom. The normalized spacial score (nSPS) is 19.8. The number of anilines is 2. The molecular weight excluding hydrogens is 492 g/mol. The number of furan rings is 1. The van der Waals surface area contributed by atoms with Crippen molar-refractivity contribution in [3.05, 3.63) is 83.3 Å². The number of aryl methyl sites for hydroxylation is 1. The molecule has 5 rings (SSSR count). The van der Waals surface area contributed by atoms with Crippen LogP contribution in [0.1, 0.15) is 56.5 Å². The first-order valence-electron chi connectivity index (χ1n) is 13.7. The number of ketones is 1. The number of rotatable bonds is 7. The molecule has 1 atom stereocenters. The third-order valence-corrected chi connectivity index (χ3v) is 7.55. The lowest BCUT2D eigenvalue weighted by molar-refractivity contribution is -0.132. The van der Waals surface area contributed by atoms with Crippen LogP contribution >= 0.6 is 0 Å². The smallest absolute Gasteiger partial charge is 0.300 e. The summed E-state index contributed by atoms with van der Waals surface area (Å²) < 4.78 is 11.6. The summed E-state index contributed by atoms with van der Waals surface area (Å²) in [4.78, 5) is 30.6. The molecule has 1 aromatic heterocycles. The van der Waals surface area contributed by atoms with Gasteiger partial charge in [-0.05, 0) is 91.8 Å². The second-order valence-electron chi connectivity index (χ2n) is 11.1. The molecule has 204 valence electrons. The van der Waals surface area contributed by atoms with Gasteiger partial charge < -0.3 is 19.2 Å². The molecule has 2 fully saturated rings. The van der Waals surface area contributed by atoms with Gasteiger partial charge >= 0.3 is 0 Å². The zero-order valence-electron chi connectivity index (χ0n) is 23.0. The number of ether oxygens (including phenoxy) is 1. The van der Waals surface area contributed by atoms with E-state index in [4.69, 9.17) is 9.15 Å². The van der Waals surface area contributed by atoms with Crippen LogP contribution in [0.3, 0.4) is 0 Å². The van der Waals surface area contributed by atoms with E-state index in [-0.39, 0.29) is 11.3 Å². The number of amides is 1. The standard InChI is InChI=1S/C32H36N2O5/c1-20(2)19-39-26-12-7-23(18-22(26)4)30(35)28-29(27-6-5-17-38-27)34(32(37)31(28)36)25-10-8-24(9-11-25)33-15-13-21(3)14-16-33/h5-12,17-18,20-21,29,35H,13-16,19H2,1-4H3/b30-28-. The number of piperidine rings is 1. The number of Topliss-reactive ketones (excluding diaryl/α,β-unsaturated/α-hetero) is 1. The quantitative estimate of drug-likeness (QED) is 0.215. The van der Waals surface area contributed by atoms with Gasteiger partial charge in [-0.2, -0.15) is 0 Å². The molecular formula is C32H36N2O5. The summed E-state index contributed by atoms with van der Waals surface area (Å²) in [5, 5.41) is 11.4. The second kappa shape index (κ2) is 11.0. The molecule has 1 unspecified atom stereocenters. The fraction of sp³-hybridized carbons (Fsp3) is 0.375. The number of benzene rings is 2. The van der Waals surface area contributed by atoms with Crippen molar-refractivity contribution in [2.45, 2.75) is 46.6 Å². The van der Waals surface area contributed by atoms with Gasteiger partial charge in [0, 0.05) is 30.0 Å². The van der Waals surface area contributed by atoms with E-state index in [0.717, 1.165) is 43.1 Å².